The molecule has 1 aromatic carbocycles. The van der Waals surface area contributed by atoms with E-state index in [1.165, 1.54) is 12.1 Å². The standard InChI is InChI=1S/C8H9F3O3S/c1-15(12,13)7-4-2-3-6(5-7)14-8(9,10)11/h2-5,12-13H,1H3. The second-order valence-electron chi connectivity index (χ2n) is 2.86. The number of rotatable bonds is 2. The SMILES string of the molecule is CS(O)(O)c1cccc(OC(F)(F)F)c1. The molecule has 0 heterocycles. The number of benzene rings is 1. The summed E-state index contributed by atoms with van der Waals surface area (Å²) in [6, 6.07) is 4.61. The minimum absolute atomic E-state index is 0.00394. The average Bonchev–Trinajstić information content (AvgIpc) is 1.99. The molecule has 7 heteroatoms. The van der Waals surface area contributed by atoms with E-state index >= 15 is 0 Å². The Bertz CT molecular complexity index is 346. The Morgan fingerprint density at radius 2 is 1.87 bits per heavy atom. The van der Waals surface area contributed by atoms with Crippen LogP contribution in [-0.2, 0) is 0 Å². The fourth-order valence-corrected chi connectivity index (χ4v) is 1.59. The number of hydrogen-bond acceptors (Lipinski definition) is 3. The summed E-state index contributed by atoms with van der Waals surface area (Å²) in [4.78, 5) is 0.00394. The van der Waals surface area contributed by atoms with Gasteiger partial charge in [-0.1, -0.05) is 6.07 Å². The molecule has 0 saturated carbocycles. The molecule has 3 nitrogen and oxygen atoms in total. The molecular formula is C8H9F3O3S. The van der Waals surface area contributed by atoms with Crippen LogP contribution < -0.4 is 4.74 Å². The minimum Gasteiger partial charge on any atom is -0.406 e. The third kappa shape index (κ3) is 3.98. The van der Waals surface area contributed by atoms with Gasteiger partial charge in [-0.3, -0.25) is 9.11 Å². The first-order chi connectivity index (χ1) is 6.68. The summed E-state index contributed by atoms with van der Waals surface area (Å²) in [5.41, 5.74) is 0. The molecule has 86 valence electrons. The van der Waals surface area contributed by atoms with Crippen molar-refractivity contribution in [3.8, 4) is 5.75 Å². The number of halogens is 3. The summed E-state index contributed by atoms with van der Waals surface area (Å²) in [7, 11) is -3.03. The maximum Gasteiger partial charge on any atom is 0.573 e. The molecule has 1 rings (SSSR count). The first kappa shape index (κ1) is 12.2. The molecule has 0 bridgehead atoms. The zero-order chi connectivity index (χ0) is 11.7. The lowest BCUT2D eigenvalue weighted by molar-refractivity contribution is -0.274. The van der Waals surface area contributed by atoms with Crippen molar-refractivity contribution in [2.24, 2.45) is 0 Å². The van der Waals surface area contributed by atoms with Gasteiger partial charge in [0.1, 0.15) is 5.75 Å². The molecule has 15 heavy (non-hydrogen) atoms. The molecule has 0 aliphatic rings. The lowest BCUT2D eigenvalue weighted by Crippen LogP contribution is -2.17. The predicted molar refractivity (Wildman–Crippen MR) is 50.2 cm³/mol. The van der Waals surface area contributed by atoms with Crippen molar-refractivity contribution in [1.82, 2.24) is 0 Å². The number of ether oxygens (including phenoxy) is 1. The number of hydrogen-bond donors (Lipinski definition) is 2. The first-order valence-corrected chi connectivity index (χ1v) is 5.73. The molecule has 0 spiro atoms. The fourth-order valence-electron chi connectivity index (χ4n) is 0.912. The molecule has 0 aliphatic carbocycles. The van der Waals surface area contributed by atoms with E-state index in [-0.39, 0.29) is 4.90 Å². The van der Waals surface area contributed by atoms with Crippen LogP contribution >= 0.6 is 10.6 Å². The van der Waals surface area contributed by atoms with Gasteiger partial charge in [-0.15, -0.1) is 13.2 Å². The van der Waals surface area contributed by atoms with Crippen molar-refractivity contribution in [2.45, 2.75) is 11.3 Å². The van der Waals surface area contributed by atoms with E-state index in [4.69, 9.17) is 0 Å². The Labute approximate surface area is 85.8 Å². The highest BCUT2D eigenvalue weighted by molar-refractivity contribution is 8.23. The quantitative estimate of drug-likeness (QED) is 0.836. The average molecular weight is 242 g/mol. The molecule has 2 N–H and O–H groups in total. The molecule has 0 radical (unpaired) electrons. The molecule has 1 aromatic rings. The summed E-state index contributed by atoms with van der Waals surface area (Å²) in [6.45, 7) is 0. The van der Waals surface area contributed by atoms with Crippen molar-refractivity contribution in [3.05, 3.63) is 24.3 Å². The van der Waals surface area contributed by atoms with Gasteiger partial charge in [0.2, 0.25) is 0 Å². The highest BCUT2D eigenvalue weighted by Gasteiger charge is 2.31. The molecule has 0 fully saturated rings. The zero-order valence-corrected chi connectivity index (χ0v) is 8.47. The highest BCUT2D eigenvalue weighted by Crippen LogP contribution is 2.45. The highest BCUT2D eigenvalue weighted by atomic mass is 32.3. The van der Waals surface area contributed by atoms with Gasteiger partial charge in [-0.05, 0) is 12.1 Å². The minimum atomic E-state index is -4.78. The summed E-state index contributed by atoms with van der Waals surface area (Å²) in [5.74, 6) is -0.471. The monoisotopic (exact) mass is 242 g/mol. The van der Waals surface area contributed by atoms with Gasteiger partial charge in [0.15, 0.2) is 0 Å². The van der Waals surface area contributed by atoms with Gasteiger partial charge in [-0.25, -0.2) is 0 Å². The Morgan fingerprint density at radius 3 is 2.33 bits per heavy atom. The Morgan fingerprint density at radius 1 is 1.27 bits per heavy atom. The van der Waals surface area contributed by atoms with Gasteiger partial charge < -0.3 is 4.74 Å². The van der Waals surface area contributed by atoms with E-state index in [9.17, 15) is 22.3 Å². The molecule has 0 aliphatic heterocycles. The van der Waals surface area contributed by atoms with Crippen LogP contribution in [0.2, 0.25) is 0 Å². The molecule has 0 atom stereocenters. The largest absolute Gasteiger partial charge is 0.573 e. The normalized spacial score (nSPS) is 13.7. The second kappa shape index (κ2) is 3.92. The molecule has 0 unspecified atom stereocenters. The topological polar surface area (TPSA) is 49.7 Å². The van der Waals surface area contributed by atoms with Crippen molar-refractivity contribution < 1.29 is 27.0 Å². The van der Waals surface area contributed by atoms with Crippen LogP contribution in [0.25, 0.3) is 0 Å². The lowest BCUT2D eigenvalue weighted by atomic mass is 10.3. The zero-order valence-electron chi connectivity index (χ0n) is 7.65. The Kier molecular flexibility index (Phi) is 3.17. The van der Waals surface area contributed by atoms with Crippen LogP contribution in [0, 0.1) is 0 Å². The van der Waals surface area contributed by atoms with Crippen molar-refractivity contribution in [1.29, 1.82) is 0 Å². The van der Waals surface area contributed by atoms with Gasteiger partial charge in [0.05, 0.1) is 4.90 Å². The van der Waals surface area contributed by atoms with E-state index in [1.54, 1.807) is 0 Å². The van der Waals surface area contributed by atoms with Crippen LogP contribution in [0.3, 0.4) is 0 Å². The molecule has 0 aromatic heterocycles. The maximum atomic E-state index is 11.8. The van der Waals surface area contributed by atoms with E-state index in [0.29, 0.717) is 0 Å². The van der Waals surface area contributed by atoms with E-state index in [0.717, 1.165) is 18.4 Å². The fraction of sp³-hybridized carbons (Fsp3) is 0.250. The third-order valence-corrected chi connectivity index (χ3v) is 2.63. The number of alkyl halides is 3. The first-order valence-electron chi connectivity index (χ1n) is 3.77. The summed E-state index contributed by atoms with van der Waals surface area (Å²) in [6.07, 6.45) is -3.66. The molecule has 0 amide bonds. The van der Waals surface area contributed by atoms with Gasteiger partial charge >= 0.3 is 6.36 Å². The van der Waals surface area contributed by atoms with E-state index < -0.39 is 22.7 Å². The lowest BCUT2D eigenvalue weighted by Gasteiger charge is -2.27. The summed E-state index contributed by atoms with van der Waals surface area (Å²) >= 11 is 0. The molecule has 0 saturated heterocycles. The van der Waals surface area contributed by atoms with Crippen LogP contribution in [0.4, 0.5) is 13.2 Å². The van der Waals surface area contributed by atoms with Crippen molar-refractivity contribution in [2.75, 3.05) is 6.26 Å². The van der Waals surface area contributed by atoms with Crippen molar-refractivity contribution in [3.63, 3.8) is 0 Å². The third-order valence-electron chi connectivity index (χ3n) is 1.49. The maximum absolute atomic E-state index is 11.8. The summed E-state index contributed by atoms with van der Waals surface area (Å²) in [5, 5.41) is 0. The molecular weight excluding hydrogens is 233 g/mol. The van der Waals surface area contributed by atoms with E-state index in [1.807, 2.05) is 0 Å². The van der Waals surface area contributed by atoms with Gasteiger partial charge in [0.25, 0.3) is 0 Å². The van der Waals surface area contributed by atoms with Crippen molar-refractivity contribution >= 4 is 10.6 Å². The van der Waals surface area contributed by atoms with Crippen LogP contribution in [0.1, 0.15) is 0 Å². The predicted octanol–water partition coefficient (Wildman–Crippen LogP) is 3.32. The van der Waals surface area contributed by atoms with Gasteiger partial charge in [0, 0.05) is 12.3 Å². The van der Waals surface area contributed by atoms with Crippen LogP contribution in [-0.4, -0.2) is 21.7 Å². The van der Waals surface area contributed by atoms with Crippen LogP contribution in [0.15, 0.2) is 29.2 Å². The Hall–Kier alpha value is -0.920. The smallest absolute Gasteiger partial charge is 0.406 e. The van der Waals surface area contributed by atoms with Gasteiger partial charge in [-0.2, -0.15) is 10.6 Å². The van der Waals surface area contributed by atoms with Crippen LogP contribution in [0.5, 0.6) is 5.75 Å². The van der Waals surface area contributed by atoms with E-state index in [2.05, 4.69) is 4.74 Å². The second-order valence-corrected chi connectivity index (χ2v) is 4.99. The summed E-state index contributed by atoms with van der Waals surface area (Å²) < 4.78 is 57.5. The Balaban J connectivity index is 2.94.